The summed E-state index contributed by atoms with van der Waals surface area (Å²) in [4.78, 5) is 13.8. The SMILES string of the molecule is COC(=O)c1ccc(CN2CCCCCC2c2ccco2)o1. The summed E-state index contributed by atoms with van der Waals surface area (Å²) in [5.41, 5.74) is 0. The van der Waals surface area contributed by atoms with Crippen molar-refractivity contribution in [2.24, 2.45) is 0 Å². The predicted molar refractivity (Wildman–Crippen MR) is 80.4 cm³/mol. The quantitative estimate of drug-likeness (QED) is 0.805. The second-order valence-electron chi connectivity index (χ2n) is 5.61. The molecule has 2 aromatic rings. The van der Waals surface area contributed by atoms with Gasteiger partial charge in [-0.1, -0.05) is 12.8 Å². The van der Waals surface area contributed by atoms with E-state index in [4.69, 9.17) is 8.83 Å². The zero-order valence-electron chi connectivity index (χ0n) is 12.8. The maximum atomic E-state index is 11.5. The standard InChI is InChI=1S/C17H21NO4/c1-20-17(19)16-9-8-13(22-16)12-18-10-4-2-3-6-14(18)15-7-5-11-21-15/h5,7-9,11,14H,2-4,6,10,12H2,1H3. The monoisotopic (exact) mass is 303 g/mol. The van der Waals surface area contributed by atoms with Crippen molar-refractivity contribution in [3.63, 3.8) is 0 Å². The Morgan fingerprint density at radius 1 is 1.32 bits per heavy atom. The fraction of sp³-hybridized carbons (Fsp3) is 0.471. The van der Waals surface area contributed by atoms with E-state index in [1.54, 1.807) is 12.3 Å². The molecular formula is C17H21NO4. The van der Waals surface area contributed by atoms with E-state index in [0.29, 0.717) is 6.54 Å². The molecule has 0 N–H and O–H groups in total. The second-order valence-corrected chi connectivity index (χ2v) is 5.61. The van der Waals surface area contributed by atoms with Crippen LogP contribution in [0.1, 0.15) is 53.8 Å². The van der Waals surface area contributed by atoms with Crippen LogP contribution >= 0.6 is 0 Å². The van der Waals surface area contributed by atoms with Crippen molar-refractivity contribution in [2.45, 2.75) is 38.3 Å². The number of rotatable bonds is 4. The van der Waals surface area contributed by atoms with Gasteiger partial charge in [-0.15, -0.1) is 0 Å². The third-order valence-electron chi connectivity index (χ3n) is 4.14. The first kappa shape index (κ1) is 14.9. The highest BCUT2D eigenvalue weighted by atomic mass is 16.5. The van der Waals surface area contributed by atoms with Crippen LogP contribution in [-0.2, 0) is 11.3 Å². The van der Waals surface area contributed by atoms with Crippen molar-refractivity contribution in [2.75, 3.05) is 13.7 Å². The van der Waals surface area contributed by atoms with Gasteiger partial charge in [-0.05, 0) is 43.7 Å². The number of likely N-dealkylation sites (tertiary alicyclic amines) is 1. The summed E-state index contributed by atoms with van der Waals surface area (Å²) < 4.78 is 15.9. The summed E-state index contributed by atoms with van der Waals surface area (Å²) in [6.07, 6.45) is 6.41. The number of carbonyl (C=O) groups excluding carboxylic acids is 1. The lowest BCUT2D eigenvalue weighted by Gasteiger charge is -2.27. The van der Waals surface area contributed by atoms with E-state index in [0.717, 1.165) is 24.5 Å². The Kier molecular flexibility index (Phi) is 4.63. The second kappa shape index (κ2) is 6.83. The van der Waals surface area contributed by atoms with Gasteiger partial charge in [-0.25, -0.2) is 4.79 Å². The molecule has 1 saturated heterocycles. The van der Waals surface area contributed by atoms with Crippen molar-refractivity contribution in [3.8, 4) is 0 Å². The van der Waals surface area contributed by atoms with Crippen LogP contribution in [0.5, 0.6) is 0 Å². The van der Waals surface area contributed by atoms with Gasteiger partial charge in [0.05, 0.1) is 26.0 Å². The molecule has 0 spiro atoms. The minimum Gasteiger partial charge on any atom is -0.468 e. The van der Waals surface area contributed by atoms with Crippen molar-refractivity contribution in [1.29, 1.82) is 0 Å². The maximum absolute atomic E-state index is 11.5. The average Bonchev–Trinajstić information content (AvgIpc) is 3.16. The summed E-state index contributed by atoms with van der Waals surface area (Å²) in [5, 5.41) is 0. The van der Waals surface area contributed by atoms with Gasteiger partial charge in [0.1, 0.15) is 11.5 Å². The van der Waals surface area contributed by atoms with E-state index in [9.17, 15) is 4.79 Å². The Hall–Kier alpha value is -2.01. The Balaban J connectivity index is 1.75. The van der Waals surface area contributed by atoms with E-state index in [2.05, 4.69) is 9.64 Å². The normalized spacial score (nSPS) is 19.8. The molecule has 1 aliphatic rings. The number of carbonyl (C=O) groups is 1. The van der Waals surface area contributed by atoms with Crippen molar-refractivity contribution in [1.82, 2.24) is 4.90 Å². The third kappa shape index (κ3) is 3.25. The molecule has 2 aromatic heterocycles. The average molecular weight is 303 g/mol. The summed E-state index contributed by atoms with van der Waals surface area (Å²) >= 11 is 0. The number of methoxy groups -OCH3 is 1. The molecule has 1 fully saturated rings. The first-order valence-electron chi connectivity index (χ1n) is 7.72. The molecule has 5 heteroatoms. The number of hydrogen-bond acceptors (Lipinski definition) is 5. The topological polar surface area (TPSA) is 55.8 Å². The summed E-state index contributed by atoms with van der Waals surface area (Å²) in [7, 11) is 1.35. The van der Waals surface area contributed by atoms with Gasteiger partial charge in [-0.3, -0.25) is 4.90 Å². The number of esters is 1. The highest BCUT2D eigenvalue weighted by Gasteiger charge is 2.26. The molecule has 0 aromatic carbocycles. The first-order valence-corrected chi connectivity index (χ1v) is 7.72. The van der Waals surface area contributed by atoms with E-state index in [-0.39, 0.29) is 11.8 Å². The molecular weight excluding hydrogens is 282 g/mol. The molecule has 3 rings (SSSR count). The Morgan fingerprint density at radius 3 is 3.00 bits per heavy atom. The molecule has 1 atom stereocenters. The smallest absolute Gasteiger partial charge is 0.373 e. The van der Waals surface area contributed by atoms with Crippen LogP contribution in [-0.4, -0.2) is 24.5 Å². The molecule has 1 unspecified atom stereocenters. The van der Waals surface area contributed by atoms with Crippen LogP contribution in [0.25, 0.3) is 0 Å². The highest BCUT2D eigenvalue weighted by molar-refractivity contribution is 5.86. The van der Waals surface area contributed by atoms with Crippen LogP contribution in [0.4, 0.5) is 0 Å². The number of nitrogens with zero attached hydrogens (tertiary/aromatic N) is 1. The molecule has 0 saturated carbocycles. The van der Waals surface area contributed by atoms with Crippen LogP contribution in [0.15, 0.2) is 39.4 Å². The number of hydrogen-bond donors (Lipinski definition) is 0. The molecule has 5 nitrogen and oxygen atoms in total. The zero-order chi connectivity index (χ0) is 15.4. The lowest BCUT2D eigenvalue weighted by molar-refractivity contribution is 0.0559. The van der Waals surface area contributed by atoms with Crippen molar-refractivity contribution < 1.29 is 18.4 Å². The third-order valence-corrected chi connectivity index (χ3v) is 4.14. The molecule has 0 radical (unpaired) electrons. The zero-order valence-corrected chi connectivity index (χ0v) is 12.8. The van der Waals surface area contributed by atoms with E-state index in [1.165, 1.54) is 26.4 Å². The van der Waals surface area contributed by atoms with Gasteiger partial charge in [0, 0.05) is 0 Å². The Labute approximate surface area is 129 Å². The summed E-state index contributed by atoms with van der Waals surface area (Å²) in [6, 6.07) is 7.74. The van der Waals surface area contributed by atoms with Crippen LogP contribution < -0.4 is 0 Å². The number of furan rings is 2. The first-order chi connectivity index (χ1) is 10.8. The molecule has 0 amide bonds. The highest BCUT2D eigenvalue weighted by Crippen LogP contribution is 2.31. The molecule has 0 aliphatic carbocycles. The molecule has 0 bridgehead atoms. The van der Waals surface area contributed by atoms with Gasteiger partial charge in [0.15, 0.2) is 0 Å². The summed E-state index contributed by atoms with van der Waals surface area (Å²) in [5.74, 6) is 1.59. The fourth-order valence-electron chi connectivity index (χ4n) is 3.03. The maximum Gasteiger partial charge on any atom is 0.373 e. The lowest BCUT2D eigenvalue weighted by Crippen LogP contribution is -2.27. The molecule has 22 heavy (non-hydrogen) atoms. The van der Waals surface area contributed by atoms with E-state index >= 15 is 0 Å². The fourth-order valence-corrected chi connectivity index (χ4v) is 3.03. The summed E-state index contributed by atoms with van der Waals surface area (Å²) in [6.45, 7) is 1.67. The largest absolute Gasteiger partial charge is 0.468 e. The molecule has 118 valence electrons. The van der Waals surface area contributed by atoms with E-state index < -0.39 is 5.97 Å². The Bertz CT molecular complexity index is 602. The van der Waals surface area contributed by atoms with Crippen LogP contribution in [0, 0.1) is 0 Å². The minimum absolute atomic E-state index is 0.252. The molecule has 1 aliphatic heterocycles. The van der Waals surface area contributed by atoms with Gasteiger partial charge in [0.25, 0.3) is 0 Å². The minimum atomic E-state index is -0.440. The van der Waals surface area contributed by atoms with Gasteiger partial charge in [0.2, 0.25) is 5.76 Å². The number of ether oxygens (including phenoxy) is 1. The Morgan fingerprint density at radius 2 is 2.23 bits per heavy atom. The van der Waals surface area contributed by atoms with Crippen LogP contribution in [0.2, 0.25) is 0 Å². The van der Waals surface area contributed by atoms with Crippen LogP contribution in [0.3, 0.4) is 0 Å². The van der Waals surface area contributed by atoms with Crippen molar-refractivity contribution in [3.05, 3.63) is 47.8 Å². The lowest BCUT2D eigenvalue weighted by atomic mass is 10.1. The van der Waals surface area contributed by atoms with Gasteiger partial charge >= 0.3 is 5.97 Å². The molecule has 3 heterocycles. The predicted octanol–water partition coefficient (Wildman–Crippen LogP) is 3.78. The van der Waals surface area contributed by atoms with Gasteiger partial charge < -0.3 is 13.6 Å². The van der Waals surface area contributed by atoms with E-state index in [1.807, 2.05) is 18.2 Å². The van der Waals surface area contributed by atoms with Crippen molar-refractivity contribution >= 4 is 5.97 Å². The van der Waals surface area contributed by atoms with Gasteiger partial charge in [-0.2, -0.15) is 0 Å².